The number of hydrogen-bond acceptors (Lipinski definition) is 3. The Morgan fingerprint density at radius 1 is 1.16 bits per heavy atom. The fourth-order valence-corrected chi connectivity index (χ4v) is 3.28. The predicted octanol–water partition coefficient (Wildman–Crippen LogP) is 3.09. The van der Waals surface area contributed by atoms with E-state index in [0.29, 0.717) is 19.1 Å². The summed E-state index contributed by atoms with van der Waals surface area (Å²) in [6, 6.07) is 9.03. The van der Waals surface area contributed by atoms with E-state index in [-0.39, 0.29) is 30.7 Å². The summed E-state index contributed by atoms with van der Waals surface area (Å²) in [5, 5.41) is 6.39. The standard InChI is InChI=1S/C19H29N3O.2ClH/c1-15-4-8-17(9-5-15)18(22-10-2-3-11-22)13-21-19(23)14-20-12-16-6-7-16;;/h4-5,8-9,16,18,20H,2-3,6-7,10-14H2,1H3,(H,21,23);2*1H. The van der Waals surface area contributed by atoms with Gasteiger partial charge in [0.05, 0.1) is 12.6 Å². The quantitative estimate of drug-likeness (QED) is 0.720. The fraction of sp³-hybridized carbons (Fsp3) is 0.632. The largest absolute Gasteiger partial charge is 0.353 e. The number of likely N-dealkylation sites (tertiary alicyclic amines) is 1. The molecule has 1 saturated carbocycles. The zero-order valence-corrected chi connectivity index (χ0v) is 16.6. The summed E-state index contributed by atoms with van der Waals surface area (Å²) in [5.74, 6) is 0.926. The highest BCUT2D eigenvalue weighted by Gasteiger charge is 2.24. The van der Waals surface area contributed by atoms with Crippen LogP contribution in [0.3, 0.4) is 0 Å². The van der Waals surface area contributed by atoms with E-state index >= 15 is 0 Å². The number of nitrogens with zero attached hydrogens (tertiary/aromatic N) is 1. The highest BCUT2D eigenvalue weighted by molar-refractivity contribution is 5.85. The molecule has 1 amide bonds. The highest BCUT2D eigenvalue weighted by Crippen LogP contribution is 2.27. The first-order valence-corrected chi connectivity index (χ1v) is 9.00. The summed E-state index contributed by atoms with van der Waals surface area (Å²) in [4.78, 5) is 14.6. The van der Waals surface area contributed by atoms with E-state index in [1.54, 1.807) is 0 Å². The summed E-state index contributed by atoms with van der Waals surface area (Å²) in [7, 11) is 0. The molecule has 6 heteroatoms. The van der Waals surface area contributed by atoms with E-state index in [4.69, 9.17) is 0 Å². The maximum Gasteiger partial charge on any atom is 0.234 e. The summed E-state index contributed by atoms with van der Waals surface area (Å²) in [6.07, 6.45) is 5.16. The molecular weight excluding hydrogens is 357 g/mol. The van der Waals surface area contributed by atoms with Gasteiger partial charge >= 0.3 is 0 Å². The van der Waals surface area contributed by atoms with Gasteiger partial charge in [0.1, 0.15) is 0 Å². The van der Waals surface area contributed by atoms with Crippen molar-refractivity contribution >= 4 is 30.7 Å². The molecule has 1 saturated heterocycles. The summed E-state index contributed by atoms with van der Waals surface area (Å²) in [6.45, 7) is 6.51. The van der Waals surface area contributed by atoms with Gasteiger partial charge in [0.15, 0.2) is 0 Å². The molecule has 0 bridgehead atoms. The molecule has 1 aromatic rings. The molecule has 2 aliphatic rings. The van der Waals surface area contributed by atoms with Crippen LogP contribution in [0.1, 0.15) is 42.9 Å². The molecule has 1 heterocycles. The molecule has 0 aromatic heterocycles. The maximum absolute atomic E-state index is 12.1. The van der Waals surface area contributed by atoms with Gasteiger partial charge in [-0.3, -0.25) is 9.69 Å². The molecule has 25 heavy (non-hydrogen) atoms. The Bertz CT molecular complexity index is 514. The van der Waals surface area contributed by atoms with Gasteiger partial charge < -0.3 is 10.6 Å². The molecular formula is C19H31Cl2N3O. The second-order valence-corrected chi connectivity index (χ2v) is 7.05. The van der Waals surface area contributed by atoms with Gasteiger partial charge in [-0.05, 0) is 63.7 Å². The summed E-state index contributed by atoms with van der Waals surface area (Å²) >= 11 is 0. The molecule has 2 fully saturated rings. The summed E-state index contributed by atoms with van der Waals surface area (Å²) < 4.78 is 0. The second kappa shape index (κ2) is 11.0. The average Bonchev–Trinajstić information content (AvgIpc) is 3.21. The third kappa shape index (κ3) is 7.14. The van der Waals surface area contributed by atoms with E-state index in [1.165, 1.54) is 36.8 Å². The lowest BCUT2D eigenvalue weighted by molar-refractivity contribution is -0.120. The van der Waals surface area contributed by atoms with Gasteiger partial charge in [0.25, 0.3) is 0 Å². The Hall–Kier alpha value is -0.810. The van der Waals surface area contributed by atoms with Gasteiger partial charge in [-0.1, -0.05) is 29.8 Å². The molecule has 0 radical (unpaired) electrons. The summed E-state index contributed by atoms with van der Waals surface area (Å²) in [5.41, 5.74) is 2.59. The molecule has 1 aliphatic carbocycles. The van der Waals surface area contributed by atoms with Crippen LogP contribution < -0.4 is 10.6 Å². The average molecular weight is 388 g/mol. The van der Waals surface area contributed by atoms with Crippen LogP contribution in [0.15, 0.2) is 24.3 Å². The fourth-order valence-electron chi connectivity index (χ4n) is 3.28. The van der Waals surface area contributed by atoms with Crippen molar-refractivity contribution in [2.45, 2.75) is 38.6 Å². The van der Waals surface area contributed by atoms with E-state index in [9.17, 15) is 4.79 Å². The first kappa shape index (κ1) is 22.2. The number of carbonyl (C=O) groups excluding carboxylic acids is 1. The van der Waals surface area contributed by atoms with Gasteiger partial charge in [0, 0.05) is 6.54 Å². The van der Waals surface area contributed by atoms with Gasteiger partial charge in [-0.25, -0.2) is 0 Å². The van der Waals surface area contributed by atoms with E-state index in [0.717, 1.165) is 25.6 Å². The van der Waals surface area contributed by atoms with E-state index < -0.39 is 0 Å². The Morgan fingerprint density at radius 3 is 2.40 bits per heavy atom. The van der Waals surface area contributed by atoms with Crippen molar-refractivity contribution in [2.75, 3.05) is 32.7 Å². The Labute approximate surface area is 163 Å². The molecule has 1 atom stereocenters. The monoisotopic (exact) mass is 387 g/mol. The number of aryl methyl sites for hydroxylation is 1. The lowest BCUT2D eigenvalue weighted by Crippen LogP contribution is -2.40. The van der Waals surface area contributed by atoms with Crippen LogP contribution >= 0.6 is 24.8 Å². The Kier molecular flexibility index (Phi) is 9.80. The molecule has 1 aromatic carbocycles. The molecule has 4 nitrogen and oxygen atoms in total. The molecule has 3 rings (SSSR count). The van der Waals surface area contributed by atoms with Gasteiger partial charge in [-0.2, -0.15) is 0 Å². The zero-order chi connectivity index (χ0) is 16.1. The number of carbonyl (C=O) groups is 1. The van der Waals surface area contributed by atoms with Crippen LogP contribution in [0.2, 0.25) is 0 Å². The van der Waals surface area contributed by atoms with Crippen molar-refractivity contribution < 1.29 is 4.79 Å². The molecule has 1 unspecified atom stereocenters. The number of amides is 1. The Balaban J connectivity index is 0.00000156. The highest BCUT2D eigenvalue weighted by atomic mass is 35.5. The lowest BCUT2D eigenvalue weighted by atomic mass is 10.0. The van der Waals surface area contributed by atoms with Crippen LogP contribution in [-0.2, 0) is 4.79 Å². The van der Waals surface area contributed by atoms with Gasteiger partial charge in [-0.15, -0.1) is 24.8 Å². The van der Waals surface area contributed by atoms with Crippen LogP contribution in [0, 0.1) is 12.8 Å². The molecule has 0 spiro atoms. The minimum atomic E-state index is 0. The number of nitrogens with one attached hydrogen (secondary N) is 2. The maximum atomic E-state index is 12.1. The number of halogens is 2. The first-order chi connectivity index (χ1) is 11.2. The van der Waals surface area contributed by atoms with Crippen LogP contribution in [0.25, 0.3) is 0 Å². The topological polar surface area (TPSA) is 44.4 Å². The smallest absolute Gasteiger partial charge is 0.234 e. The molecule has 142 valence electrons. The van der Waals surface area contributed by atoms with E-state index in [2.05, 4.69) is 46.7 Å². The lowest BCUT2D eigenvalue weighted by Gasteiger charge is -2.28. The van der Waals surface area contributed by atoms with Crippen molar-refractivity contribution in [1.82, 2.24) is 15.5 Å². The van der Waals surface area contributed by atoms with Crippen LogP contribution in [0.5, 0.6) is 0 Å². The normalized spacial score (nSPS) is 18.1. The second-order valence-electron chi connectivity index (χ2n) is 7.05. The van der Waals surface area contributed by atoms with Crippen molar-refractivity contribution in [3.05, 3.63) is 35.4 Å². The predicted molar refractivity (Wildman–Crippen MR) is 108 cm³/mol. The van der Waals surface area contributed by atoms with Crippen LogP contribution in [0.4, 0.5) is 0 Å². The van der Waals surface area contributed by atoms with Crippen molar-refractivity contribution in [3.63, 3.8) is 0 Å². The SMILES string of the molecule is Cc1ccc(C(CNC(=O)CNCC2CC2)N2CCCC2)cc1.Cl.Cl. The first-order valence-electron chi connectivity index (χ1n) is 9.00. The van der Waals surface area contributed by atoms with Crippen LogP contribution in [-0.4, -0.2) is 43.5 Å². The molecule has 1 aliphatic heterocycles. The van der Waals surface area contributed by atoms with Crippen molar-refractivity contribution in [3.8, 4) is 0 Å². The third-order valence-electron chi connectivity index (χ3n) is 4.95. The van der Waals surface area contributed by atoms with E-state index in [1.807, 2.05) is 0 Å². The number of benzene rings is 1. The number of hydrogen-bond donors (Lipinski definition) is 2. The number of rotatable bonds is 8. The third-order valence-corrected chi connectivity index (χ3v) is 4.95. The van der Waals surface area contributed by atoms with Crippen molar-refractivity contribution in [2.24, 2.45) is 5.92 Å². The van der Waals surface area contributed by atoms with Gasteiger partial charge in [0.2, 0.25) is 5.91 Å². The minimum Gasteiger partial charge on any atom is -0.353 e. The minimum absolute atomic E-state index is 0. The molecule has 2 N–H and O–H groups in total. The zero-order valence-electron chi connectivity index (χ0n) is 15.0. The Morgan fingerprint density at radius 2 is 1.80 bits per heavy atom. The van der Waals surface area contributed by atoms with Crippen molar-refractivity contribution in [1.29, 1.82) is 0 Å².